The monoisotopic (exact) mass is 524 g/mol. The minimum atomic E-state index is -0.892. The van der Waals surface area contributed by atoms with Gasteiger partial charge in [0.25, 0.3) is 5.91 Å². The Morgan fingerprint density at radius 3 is 2.69 bits per heavy atom. The van der Waals surface area contributed by atoms with Gasteiger partial charge in [-0.05, 0) is 42.7 Å². The zero-order valence-corrected chi connectivity index (χ0v) is 20.5. The van der Waals surface area contributed by atoms with Gasteiger partial charge in [0.2, 0.25) is 5.91 Å². The average molecular weight is 525 g/mol. The summed E-state index contributed by atoms with van der Waals surface area (Å²) in [5.41, 5.74) is 0.774. The topological polar surface area (TPSA) is 88.1 Å². The van der Waals surface area contributed by atoms with Gasteiger partial charge in [-0.25, -0.2) is 4.39 Å². The molecule has 0 unspecified atom stereocenters. The molecule has 2 aliphatic heterocycles. The van der Waals surface area contributed by atoms with Gasteiger partial charge in [0.1, 0.15) is 11.9 Å². The highest BCUT2D eigenvalue weighted by atomic mass is 35.5. The number of hydrogen-bond donors (Lipinski definition) is 2. The molecule has 188 valence electrons. The quantitative estimate of drug-likeness (QED) is 0.623. The van der Waals surface area contributed by atoms with Gasteiger partial charge in [-0.3, -0.25) is 9.59 Å². The van der Waals surface area contributed by atoms with E-state index in [4.69, 9.17) is 32.7 Å². The average Bonchev–Trinajstić information content (AvgIpc) is 2.82. The molecule has 4 rings (SSSR count). The number of β-amino-alcohol motifs (C(OH)–C–C–N with tert-alkyl or cyclic N) is 1. The lowest BCUT2D eigenvalue weighted by Crippen LogP contribution is -2.57. The van der Waals surface area contributed by atoms with Gasteiger partial charge >= 0.3 is 0 Å². The molecule has 0 aliphatic carbocycles. The van der Waals surface area contributed by atoms with E-state index >= 15 is 0 Å². The van der Waals surface area contributed by atoms with Crippen molar-refractivity contribution in [3.05, 3.63) is 69.5 Å². The molecule has 0 aromatic heterocycles. The third kappa shape index (κ3) is 6.51. The summed E-state index contributed by atoms with van der Waals surface area (Å²) in [6.07, 6.45) is -0.543. The summed E-state index contributed by atoms with van der Waals surface area (Å²) in [5.74, 6) is -1.29. The number of benzene rings is 2. The van der Waals surface area contributed by atoms with E-state index in [0.717, 1.165) is 5.56 Å². The van der Waals surface area contributed by atoms with Crippen LogP contribution in [0.3, 0.4) is 0 Å². The van der Waals surface area contributed by atoms with Crippen LogP contribution in [-0.4, -0.2) is 65.9 Å². The normalized spacial score (nSPS) is 24.7. The van der Waals surface area contributed by atoms with E-state index in [9.17, 15) is 19.1 Å². The fourth-order valence-electron chi connectivity index (χ4n) is 4.49. The van der Waals surface area contributed by atoms with Crippen molar-refractivity contribution in [1.29, 1.82) is 0 Å². The zero-order valence-electron chi connectivity index (χ0n) is 19.0. The molecule has 0 bridgehead atoms. The van der Waals surface area contributed by atoms with Crippen molar-refractivity contribution in [2.45, 2.75) is 50.2 Å². The van der Waals surface area contributed by atoms with Gasteiger partial charge in [-0.2, -0.15) is 0 Å². The number of halogens is 3. The Morgan fingerprint density at radius 1 is 1.11 bits per heavy atom. The van der Waals surface area contributed by atoms with Crippen LogP contribution >= 0.6 is 23.2 Å². The fraction of sp³-hybridized carbons (Fsp3) is 0.440. The number of amides is 2. The molecule has 0 saturated carbocycles. The maximum Gasteiger partial charge on any atom is 0.257 e. The summed E-state index contributed by atoms with van der Waals surface area (Å²) in [5, 5.41) is 14.0. The first kappa shape index (κ1) is 25.9. The number of aliphatic hydroxyl groups excluding tert-OH is 1. The largest absolute Gasteiger partial charge is 0.389 e. The first-order valence-electron chi connectivity index (χ1n) is 11.5. The molecule has 35 heavy (non-hydrogen) atoms. The molecular weight excluding hydrogens is 498 g/mol. The Bertz CT molecular complexity index is 1070. The van der Waals surface area contributed by atoms with Crippen molar-refractivity contribution in [2.75, 3.05) is 19.8 Å². The van der Waals surface area contributed by atoms with Crippen molar-refractivity contribution in [1.82, 2.24) is 10.2 Å². The molecule has 2 aromatic rings. The Labute approximate surface area is 213 Å². The van der Waals surface area contributed by atoms with E-state index < -0.39 is 30.0 Å². The number of carbonyl (C=O) groups excluding carboxylic acids is 2. The molecule has 2 fully saturated rings. The highest BCUT2D eigenvalue weighted by Crippen LogP contribution is 2.29. The molecule has 2 saturated heterocycles. The SMILES string of the molecule is O=C(C[C@H]1CC[C@H]2[C@@H](COC[C@H](O)CN2C(=O)c2ccccc2F)O1)NCc1ccc(Cl)c(Cl)c1. The molecule has 2 N–H and O–H groups in total. The standard InChI is InChI=1S/C25H27Cl2FN2O5/c26-19-7-5-15(9-20(19)27)11-29-24(32)10-17-6-8-22-23(35-17)14-34-13-16(31)12-30(22)25(33)18-3-1-2-4-21(18)28/h1-5,7,9,16-17,22-23,31H,6,8,10-14H2,(H,29,32)/t16-,17-,22+,23-/m1/s1. The van der Waals surface area contributed by atoms with Gasteiger partial charge in [0.05, 0.1) is 53.5 Å². The number of rotatable bonds is 5. The van der Waals surface area contributed by atoms with Crippen LogP contribution in [-0.2, 0) is 20.8 Å². The predicted molar refractivity (Wildman–Crippen MR) is 129 cm³/mol. The van der Waals surface area contributed by atoms with Crippen molar-refractivity contribution < 1.29 is 28.6 Å². The lowest BCUT2D eigenvalue weighted by molar-refractivity contribution is -0.151. The highest BCUT2D eigenvalue weighted by molar-refractivity contribution is 6.42. The van der Waals surface area contributed by atoms with E-state index in [1.807, 2.05) is 0 Å². The smallest absolute Gasteiger partial charge is 0.257 e. The molecule has 2 aliphatic rings. The van der Waals surface area contributed by atoms with Crippen molar-refractivity contribution >= 4 is 35.0 Å². The van der Waals surface area contributed by atoms with Gasteiger partial charge < -0.3 is 24.8 Å². The number of nitrogens with one attached hydrogen (secondary N) is 1. The van der Waals surface area contributed by atoms with Crippen LogP contribution < -0.4 is 5.32 Å². The van der Waals surface area contributed by atoms with Gasteiger partial charge in [-0.1, -0.05) is 41.4 Å². The van der Waals surface area contributed by atoms with Crippen molar-refractivity contribution in [2.24, 2.45) is 0 Å². The molecule has 7 nitrogen and oxygen atoms in total. The minimum absolute atomic E-state index is 0.00645. The third-order valence-corrected chi connectivity index (χ3v) is 6.97. The first-order chi connectivity index (χ1) is 16.8. The number of hydrogen-bond acceptors (Lipinski definition) is 5. The summed E-state index contributed by atoms with van der Waals surface area (Å²) in [4.78, 5) is 27.2. The third-order valence-electron chi connectivity index (χ3n) is 6.23. The Kier molecular flexibility index (Phi) is 8.62. The second-order valence-electron chi connectivity index (χ2n) is 8.80. The summed E-state index contributed by atoms with van der Waals surface area (Å²) in [7, 11) is 0. The molecule has 2 heterocycles. The Hall–Kier alpha value is -2.23. The van der Waals surface area contributed by atoms with Crippen LogP contribution in [0, 0.1) is 5.82 Å². The van der Waals surface area contributed by atoms with Gasteiger partial charge in [-0.15, -0.1) is 0 Å². The molecule has 2 aromatic carbocycles. The summed E-state index contributed by atoms with van der Waals surface area (Å²) >= 11 is 12.0. The zero-order chi connectivity index (χ0) is 24.9. The number of aliphatic hydroxyl groups is 1. The van der Waals surface area contributed by atoms with Crippen LogP contribution in [0.5, 0.6) is 0 Å². The molecule has 0 spiro atoms. The van der Waals surface area contributed by atoms with Crippen molar-refractivity contribution in [3.8, 4) is 0 Å². The summed E-state index contributed by atoms with van der Waals surface area (Å²) in [6, 6.07) is 10.5. The number of fused-ring (bicyclic) bond motifs is 1. The van der Waals surface area contributed by atoms with E-state index in [-0.39, 0.29) is 43.8 Å². The highest BCUT2D eigenvalue weighted by Gasteiger charge is 2.40. The van der Waals surface area contributed by atoms with E-state index in [0.29, 0.717) is 29.4 Å². The number of nitrogens with zero attached hydrogens (tertiary/aromatic N) is 1. The van der Waals surface area contributed by atoms with E-state index in [2.05, 4.69) is 5.32 Å². The summed E-state index contributed by atoms with van der Waals surface area (Å²) in [6.45, 7) is 0.500. The Balaban J connectivity index is 1.39. The summed E-state index contributed by atoms with van der Waals surface area (Å²) < 4.78 is 26.1. The minimum Gasteiger partial charge on any atom is -0.389 e. The van der Waals surface area contributed by atoms with Gasteiger partial charge in [0, 0.05) is 13.1 Å². The van der Waals surface area contributed by atoms with Crippen LogP contribution in [0.1, 0.15) is 35.2 Å². The lowest BCUT2D eigenvalue weighted by Gasteiger charge is -2.44. The van der Waals surface area contributed by atoms with E-state index in [1.165, 1.54) is 23.1 Å². The maximum atomic E-state index is 14.3. The van der Waals surface area contributed by atoms with Gasteiger partial charge in [0.15, 0.2) is 0 Å². The Morgan fingerprint density at radius 2 is 1.91 bits per heavy atom. The van der Waals surface area contributed by atoms with Crippen LogP contribution in [0.15, 0.2) is 42.5 Å². The lowest BCUT2D eigenvalue weighted by atomic mass is 9.94. The van der Waals surface area contributed by atoms with Crippen LogP contribution in [0.25, 0.3) is 0 Å². The van der Waals surface area contributed by atoms with E-state index in [1.54, 1.807) is 24.3 Å². The number of carbonyl (C=O) groups is 2. The van der Waals surface area contributed by atoms with Crippen LogP contribution in [0.2, 0.25) is 10.0 Å². The van der Waals surface area contributed by atoms with Crippen molar-refractivity contribution in [3.63, 3.8) is 0 Å². The predicted octanol–water partition coefficient (Wildman–Crippen LogP) is 3.59. The second-order valence-corrected chi connectivity index (χ2v) is 9.61. The molecule has 4 atom stereocenters. The fourth-order valence-corrected chi connectivity index (χ4v) is 4.81. The maximum absolute atomic E-state index is 14.3. The molecular formula is C25H27Cl2FN2O5. The molecule has 0 radical (unpaired) electrons. The number of ether oxygens (including phenoxy) is 2. The van der Waals surface area contributed by atoms with Crippen LogP contribution in [0.4, 0.5) is 4.39 Å². The first-order valence-corrected chi connectivity index (χ1v) is 12.2. The second kappa shape index (κ2) is 11.7. The molecule has 10 heteroatoms. The molecule has 2 amide bonds.